The van der Waals surface area contributed by atoms with Crippen LogP contribution in [0.15, 0.2) is 112 Å². The third kappa shape index (κ3) is 18.5. The second-order valence-electron chi connectivity index (χ2n) is 20.9. The van der Waals surface area contributed by atoms with Gasteiger partial charge in [0, 0.05) is 82.5 Å². The van der Waals surface area contributed by atoms with Gasteiger partial charge in [-0.05, 0) is 193 Å². The first-order valence-corrected chi connectivity index (χ1v) is 28.2. The van der Waals surface area contributed by atoms with Gasteiger partial charge in [-0.25, -0.2) is 0 Å². The van der Waals surface area contributed by atoms with Crippen LogP contribution in [0.2, 0.25) is 0 Å². The van der Waals surface area contributed by atoms with E-state index in [1.807, 2.05) is 49.1 Å². The Morgan fingerprint density at radius 3 is 1.35 bits per heavy atom. The molecule has 0 aromatic carbocycles. The lowest BCUT2D eigenvalue weighted by molar-refractivity contribution is -0.115. The number of halogens is 1. The van der Waals surface area contributed by atoms with Gasteiger partial charge in [0.05, 0.1) is 15.7 Å². The van der Waals surface area contributed by atoms with Crippen molar-refractivity contribution in [2.24, 2.45) is 10.8 Å². The van der Waals surface area contributed by atoms with Gasteiger partial charge in [0.25, 0.3) is 0 Å². The maximum absolute atomic E-state index is 11.7. The molecular weight excluding hydrogens is 1030 g/mol. The van der Waals surface area contributed by atoms with Crippen LogP contribution in [0.3, 0.4) is 0 Å². The van der Waals surface area contributed by atoms with Crippen LogP contribution in [-0.2, 0) is 9.59 Å². The van der Waals surface area contributed by atoms with Crippen molar-refractivity contribution >= 4 is 56.4 Å². The largest absolute Gasteiger partial charge is 0.388 e. The Kier molecular flexibility index (Phi) is 24.8. The normalized spacial score (nSPS) is 19.6. The molecule has 0 spiro atoms. The molecule has 4 heterocycles. The van der Waals surface area contributed by atoms with Crippen molar-refractivity contribution in [2.75, 3.05) is 0 Å². The number of hydrogen-bond acceptors (Lipinski definition) is 9. The predicted molar refractivity (Wildman–Crippen MR) is 314 cm³/mol. The maximum atomic E-state index is 11.7. The fourth-order valence-corrected chi connectivity index (χ4v) is 9.76. The molecule has 0 saturated heterocycles. The van der Waals surface area contributed by atoms with Crippen LogP contribution in [0, 0.1) is 0 Å². The molecule has 3 atom stereocenters. The summed E-state index contributed by atoms with van der Waals surface area (Å²) in [5.41, 5.74) is 27.8. The monoisotopic (exact) mass is 1110 g/mol. The van der Waals surface area contributed by atoms with Crippen LogP contribution < -0.4 is 5.73 Å². The number of ketones is 2. The van der Waals surface area contributed by atoms with Gasteiger partial charge in [-0.1, -0.05) is 115 Å². The Morgan fingerprint density at radius 2 is 0.946 bits per heavy atom. The zero-order valence-corrected chi connectivity index (χ0v) is 47.5. The highest BCUT2D eigenvalue weighted by atomic mass is 127. The predicted octanol–water partition coefficient (Wildman–Crippen LogP) is 16.1. The van der Waals surface area contributed by atoms with E-state index in [0.717, 1.165) is 143 Å². The number of nitrogens with zero attached hydrogens (tertiary/aromatic N) is 7. The molecule has 74 heavy (non-hydrogen) atoms. The molecule has 0 amide bonds. The molecule has 4 aromatic heterocycles. The average Bonchev–Trinajstić information content (AvgIpc) is 3.41. The van der Waals surface area contributed by atoms with Gasteiger partial charge in [-0.15, -0.1) is 0 Å². The van der Waals surface area contributed by atoms with Crippen LogP contribution in [0.25, 0.3) is 32.7 Å². The minimum Gasteiger partial charge on any atom is -0.388 e. The van der Waals surface area contributed by atoms with Crippen LogP contribution in [0.5, 0.6) is 0 Å². The van der Waals surface area contributed by atoms with Crippen LogP contribution in [0.1, 0.15) is 220 Å². The lowest BCUT2D eigenvalue weighted by Gasteiger charge is -2.20. The number of aromatic nitrogens is 4. The molecule has 5 aliphatic rings. The Bertz CT molecular complexity index is 2550. The minimum absolute atomic E-state index is 0.0320. The summed E-state index contributed by atoms with van der Waals surface area (Å²) in [5, 5.41) is 13.8. The quantitative estimate of drug-likeness (QED) is 0.0719. The van der Waals surface area contributed by atoms with E-state index in [4.69, 9.17) is 11.3 Å². The molecule has 0 saturated carbocycles. The minimum atomic E-state index is -0.305. The first-order chi connectivity index (χ1) is 35.6. The maximum Gasteiger partial charge on any atom is 0.168 e. The fraction of sp³-hybridized carbons (Fsp3) is 0.484. The number of rotatable bonds is 9. The van der Waals surface area contributed by atoms with Gasteiger partial charge in [-0.2, -0.15) is 0 Å². The third-order valence-electron chi connectivity index (χ3n) is 13.8. The lowest BCUT2D eigenvalue weighted by atomic mass is 9.90. The number of pyridine rings is 4. The molecule has 3 N–H and O–H groups in total. The molecule has 0 bridgehead atoms. The molecule has 9 rings (SSSR count). The number of allylic oxidation sites excluding steroid dienone is 7. The summed E-state index contributed by atoms with van der Waals surface area (Å²) in [6.45, 7) is 17.1. The number of azide groups is 1. The van der Waals surface area contributed by atoms with E-state index in [-0.39, 0.29) is 24.0 Å². The summed E-state index contributed by atoms with van der Waals surface area (Å²) in [6.07, 6.45) is 33.0. The van der Waals surface area contributed by atoms with E-state index < -0.39 is 0 Å². The third-order valence-corrected chi connectivity index (χ3v) is 14.8. The highest BCUT2D eigenvalue weighted by molar-refractivity contribution is 14.1. The topological polar surface area (TPSA) is 181 Å². The van der Waals surface area contributed by atoms with E-state index in [9.17, 15) is 14.7 Å². The van der Waals surface area contributed by atoms with E-state index >= 15 is 0 Å². The number of aliphatic hydroxyl groups excluding tert-OH is 1. The summed E-state index contributed by atoms with van der Waals surface area (Å²) in [4.78, 5) is 43.2. The summed E-state index contributed by atoms with van der Waals surface area (Å²) in [6, 6.07) is 16.7. The fourth-order valence-electron chi connectivity index (χ4n) is 9.18. The van der Waals surface area contributed by atoms with Crippen molar-refractivity contribution < 1.29 is 14.7 Å². The zero-order chi connectivity index (χ0) is 53.6. The summed E-state index contributed by atoms with van der Waals surface area (Å²) in [7, 11) is 0. The van der Waals surface area contributed by atoms with Crippen molar-refractivity contribution in [3.63, 3.8) is 0 Å². The van der Waals surface area contributed by atoms with Gasteiger partial charge in [0.1, 0.15) is 0 Å². The van der Waals surface area contributed by atoms with Crippen LogP contribution in [0.4, 0.5) is 0 Å². The molecule has 4 aromatic rings. The Hall–Kier alpha value is -5.40. The smallest absolute Gasteiger partial charge is 0.168 e. The molecular formula is C62H81IN8O3. The highest BCUT2D eigenvalue weighted by Gasteiger charge is 2.20. The first-order valence-electron chi connectivity index (χ1n) is 27.1. The molecule has 11 nitrogen and oxygen atoms in total. The average molecular weight is 1110 g/mol. The SMILES string of the molecule is CC(C)c1ccc(C2=CCCCC2=O)cn1.CC(C)c1ccc(C2=CCCCC2N)cn1.CC(C)c1ccc(C2=CCCCC2N=[N+]=[N-])cn1.CC(C)c1ccc(C2=CCCCC2O)cn1.O=C1CCCC=C1I. The zero-order valence-electron chi connectivity index (χ0n) is 45.3. The van der Waals surface area contributed by atoms with Gasteiger partial charge < -0.3 is 10.8 Å². The van der Waals surface area contributed by atoms with E-state index in [2.05, 4.69) is 163 Å². The van der Waals surface area contributed by atoms with Gasteiger partial charge in [-0.3, -0.25) is 29.5 Å². The second-order valence-corrected chi connectivity index (χ2v) is 22.1. The van der Waals surface area contributed by atoms with Crippen molar-refractivity contribution in [3.05, 3.63) is 163 Å². The molecule has 3 unspecified atom stereocenters. The first kappa shape index (κ1) is 59.5. The highest BCUT2D eigenvalue weighted by Crippen LogP contribution is 2.31. The van der Waals surface area contributed by atoms with Crippen LogP contribution >= 0.6 is 22.6 Å². The molecule has 0 radical (unpaired) electrons. The molecule has 0 fully saturated rings. The summed E-state index contributed by atoms with van der Waals surface area (Å²) >= 11 is 2.09. The number of hydrogen-bond donors (Lipinski definition) is 2. The Morgan fingerprint density at radius 1 is 0.541 bits per heavy atom. The number of carbonyl (C=O) groups excluding carboxylic acids is 2. The molecule has 5 aliphatic carbocycles. The molecule has 0 aliphatic heterocycles. The Balaban J connectivity index is 0.000000174. The van der Waals surface area contributed by atoms with Crippen molar-refractivity contribution in [3.8, 4) is 0 Å². The second kappa shape index (κ2) is 30.8. The van der Waals surface area contributed by atoms with E-state index in [1.54, 1.807) is 0 Å². The van der Waals surface area contributed by atoms with Crippen LogP contribution in [-0.4, -0.2) is 54.8 Å². The number of Topliss-reactive ketones (excluding diaryl/α,β-unsaturated/α-hetero) is 2. The van der Waals surface area contributed by atoms with Gasteiger partial charge in [0.15, 0.2) is 11.6 Å². The van der Waals surface area contributed by atoms with Crippen molar-refractivity contribution in [2.45, 2.75) is 194 Å². The molecule has 394 valence electrons. The summed E-state index contributed by atoms with van der Waals surface area (Å²) in [5.74, 6) is 2.39. The van der Waals surface area contributed by atoms with Crippen molar-refractivity contribution in [1.82, 2.24) is 19.9 Å². The van der Waals surface area contributed by atoms with Gasteiger partial charge in [0.2, 0.25) is 0 Å². The van der Waals surface area contributed by atoms with Gasteiger partial charge >= 0.3 is 0 Å². The molecule has 12 heteroatoms. The Labute approximate surface area is 455 Å². The standard InChI is InChI=1S/C14H18N4.C14H20N2.C14H19NO.C14H17NO.C6H7IO/c1-10(2)13-8-7-11(9-16-13)12-5-3-4-6-14(12)17-18-15;1-10(2)14-8-7-11(9-16-14)12-5-3-4-6-13(12)15;2*1-10(2)13-8-7-11(9-15-13)12-5-3-4-6-14(12)16;7-5-3-1-2-4-6(5)8/h5,7-10,14H,3-4,6H2,1-2H3;5,7-10,13H,3-4,6,15H2,1-2H3;5,7-10,14,16H,3-4,6H2,1-2H3;5,7-10H,3-4,6H2,1-2H3;3H,1-2,4H2. The lowest BCUT2D eigenvalue weighted by Crippen LogP contribution is -2.23. The summed E-state index contributed by atoms with van der Waals surface area (Å²) < 4.78 is 0.925. The number of aliphatic hydroxyl groups is 1. The van der Waals surface area contributed by atoms with Crippen molar-refractivity contribution in [1.29, 1.82) is 0 Å². The number of nitrogens with two attached hydrogens (primary N) is 1. The number of carbonyl (C=O) groups is 2. The van der Waals surface area contributed by atoms with E-state index in [1.165, 1.54) is 17.6 Å². The van der Waals surface area contributed by atoms with E-state index in [0.29, 0.717) is 35.9 Å².